The highest BCUT2D eigenvalue weighted by atomic mass is 16.3. The van der Waals surface area contributed by atoms with Gasteiger partial charge in [0.05, 0.1) is 0 Å². The maximum Gasteiger partial charge on any atom is 0.0488 e. The summed E-state index contributed by atoms with van der Waals surface area (Å²) >= 11 is 0. The fourth-order valence-corrected chi connectivity index (χ4v) is 2.73. The van der Waals surface area contributed by atoms with Crippen molar-refractivity contribution in [1.29, 1.82) is 0 Å². The molecule has 1 saturated heterocycles. The molecule has 0 radical (unpaired) electrons. The van der Waals surface area contributed by atoms with E-state index in [1.165, 1.54) is 5.56 Å². The summed E-state index contributed by atoms with van der Waals surface area (Å²) in [6, 6.07) is 4.17. The highest BCUT2D eigenvalue weighted by Gasteiger charge is 2.32. The number of piperidine rings is 1. The van der Waals surface area contributed by atoms with E-state index >= 15 is 0 Å². The second-order valence-corrected chi connectivity index (χ2v) is 5.54. The maximum atomic E-state index is 9.53. The van der Waals surface area contributed by atoms with Gasteiger partial charge in [0, 0.05) is 25.0 Å². The van der Waals surface area contributed by atoms with Crippen LogP contribution in [0.15, 0.2) is 18.3 Å². The van der Waals surface area contributed by atoms with Crippen LogP contribution in [0.4, 0.5) is 0 Å². The minimum absolute atomic E-state index is 0.181. The molecule has 0 aromatic carbocycles. The summed E-state index contributed by atoms with van der Waals surface area (Å²) in [6.45, 7) is 7.76. The van der Waals surface area contributed by atoms with Crippen molar-refractivity contribution >= 4 is 0 Å². The van der Waals surface area contributed by atoms with Crippen LogP contribution >= 0.6 is 0 Å². The van der Waals surface area contributed by atoms with Crippen LogP contribution in [0.25, 0.3) is 0 Å². The molecular weight excluding hydrogens is 224 g/mol. The average molecular weight is 248 g/mol. The van der Waals surface area contributed by atoms with Crippen LogP contribution in [0.5, 0.6) is 0 Å². The summed E-state index contributed by atoms with van der Waals surface area (Å²) < 4.78 is 0. The Kier molecular flexibility index (Phi) is 4.36. The van der Waals surface area contributed by atoms with Crippen LogP contribution in [0.1, 0.15) is 37.4 Å². The van der Waals surface area contributed by atoms with Crippen LogP contribution in [0.2, 0.25) is 0 Å². The van der Waals surface area contributed by atoms with Crippen molar-refractivity contribution < 1.29 is 5.11 Å². The molecule has 1 aromatic rings. The quantitative estimate of drug-likeness (QED) is 0.888. The van der Waals surface area contributed by atoms with Crippen LogP contribution in [0, 0.1) is 12.3 Å². The van der Waals surface area contributed by atoms with Crippen molar-refractivity contribution in [3.8, 4) is 0 Å². The summed E-state index contributed by atoms with van der Waals surface area (Å²) in [6.07, 6.45) is 5.16. The van der Waals surface area contributed by atoms with Gasteiger partial charge in [0.2, 0.25) is 0 Å². The zero-order chi connectivity index (χ0) is 13.0. The Bertz CT molecular complexity index is 378. The second kappa shape index (κ2) is 5.81. The van der Waals surface area contributed by atoms with Gasteiger partial charge in [0.1, 0.15) is 0 Å². The van der Waals surface area contributed by atoms with Crippen molar-refractivity contribution in [3.63, 3.8) is 0 Å². The molecule has 18 heavy (non-hydrogen) atoms. The van der Waals surface area contributed by atoms with E-state index < -0.39 is 0 Å². The first-order valence-electron chi connectivity index (χ1n) is 6.93. The second-order valence-electron chi connectivity index (χ2n) is 5.54. The summed E-state index contributed by atoms with van der Waals surface area (Å²) in [5.41, 5.74) is 2.64. The standard InChI is InChI=1S/C15H24N2O/c1-3-15(12-18)6-9-17(10-7-15)11-14-5-4-8-16-13(14)2/h4-5,8,18H,3,6-7,9-12H2,1-2H3. The first-order valence-corrected chi connectivity index (χ1v) is 6.93. The van der Waals surface area contributed by atoms with Crippen molar-refractivity contribution in [2.75, 3.05) is 19.7 Å². The lowest BCUT2D eigenvalue weighted by Gasteiger charge is -2.40. The number of rotatable bonds is 4. The molecule has 1 fully saturated rings. The first kappa shape index (κ1) is 13.5. The van der Waals surface area contributed by atoms with E-state index in [1.54, 1.807) is 0 Å². The predicted octanol–water partition coefficient (Wildman–Crippen LogP) is 2.37. The summed E-state index contributed by atoms with van der Waals surface area (Å²) in [4.78, 5) is 6.82. The Labute approximate surface area is 110 Å². The van der Waals surface area contributed by atoms with E-state index in [9.17, 15) is 5.11 Å². The van der Waals surface area contributed by atoms with Gasteiger partial charge in [-0.1, -0.05) is 13.0 Å². The molecule has 0 amide bonds. The number of hydrogen-bond donors (Lipinski definition) is 1. The molecule has 1 N–H and O–H groups in total. The van der Waals surface area contributed by atoms with Gasteiger partial charge in [0.15, 0.2) is 0 Å². The van der Waals surface area contributed by atoms with Crippen molar-refractivity contribution in [3.05, 3.63) is 29.6 Å². The molecule has 0 bridgehead atoms. The highest BCUT2D eigenvalue weighted by molar-refractivity contribution is 5.18. The lowest BCUT2D eigenvalue weighted by atomic mass is 9.77. The van der Waals surface area contributed by atoms with Gasteiger partial charge in [-0.2, -0.15) is 0 Å². The lowest BCUT2D eigenvalue weighted by molar-refractivity contribution is 0.0381. The monoisotopic (exact) mass is 248 g/mol. The Hall–Kier alpha value is -0.930. The number of pyridine rings is 1. The first-order chi connectivity index (χ1) is 8.69. The van der Waals surface area contributed by atoms with E-state index in [-0.39, 0.29) is 5.41 Å². The number of hydrogen-bond acceptors (Lipinski definition) is 3. The van der Waals surface area contributed by atoms with Crippen molar-refractivity contribution in [2.24, 2.45) is 5.41 Å². The van der Waals surface area contributed by atoms with Crippen LogP contribution < -0.4 is 0 Å². The Morgan fingerprint density at radius 1 is 1.39 bits per heavy atom. The van der Waals surface area contributed by atoms with Gasteiger partial charge in [-0.3, -0.25) is 9.88 Å². The van der Waals surface area contributed by atoms with Gasteiger partial charge in [-0.05, 0) is 56.3 Å². The topological polar surface area (TPSA) is 36.4 Å². The molecule has 2 rings (SSSR count). The van der Waals surface area contributed by atoms with Crippen LogP contribution in [-0.2, 0) is 6.54 Å². The Balaban J connectivity index is 1.93. The maximum absolute atomic E-state index is 9.53. The Morgan fingerprint density at radius 2 is 2.11 bits per heavy atom. The lowest BCUT2D eigenvalue weighted by Crippen LogP contribution is -2.41. The van der Waals surface area contributed by atoms with E-state index in [4.69, 9.17) is 0 Å². The number of nitrogens with zero attached hydrogens (tertiary/aromatic N) is 2. The zero-order valence-electron chi connectivity index (χ0n) is 11.5. The molecule has 0 unspecified atom stereocenters. The minimum atomic E-state index is 0.181. The molecule has 1 aliphatic rings. The molecule has 0 spiro atoms. The minimum Gasteiger partial charge on any atom is -0.396 e. The van der Waals surface area contributed by atoms with E-state index in [2.05, 4.69) is 29.8 Å². The largest absolute Gasteiger partial charge is 0.396 e. The van der Waals surface area contributed by atoms with Crippen LogP contribution in [-0.4, -0.2) is 34.7 Å². The summed E-state index contributed by atoms with van der Waals surface area (Å²) in [7, 11) is 0. The van der Waals surface area contributed by atoms with Gasteiger partial charge >= 0.3 is 0 Å². The fraction of sp³-hybridized carbons (Fsp3) is 0.667. The van der Waals surface area contributed by atoms with Gasteiger partial charge < -0.3 is 5.11 Å². The number of likely N-dealkylation sites (tertiary alicyclic amines) is 1. The predicted molar refractivity (Wildman–Crippen MR) is 73.3 cm³/mol. The van der Waals surface area contributed by atoms with Crippen molar-refractivity contribution in [2.45, 2.75) is 39.7 Å². The van der Waals surface area contributed by atoms with E-state index in [1.807, 2.05) is 12.3 Å². The third-order valence-corrected chi connectivity index (χ3v) is 4.51. The number of aliphatic hydroxyl groups is 1. The summed E-state index contributed by atoms with van der Waals surface area (Å²) in [5.74, 6) is 0. The molecule has 0 saturated carbocycles. The van der Waals surface area contributed by atoms with Gasteiger partial charge in [-0.25, -0.2) is 0 Å². The molecule has 0 aliphatic carbocycles. The molecular formula is C15H24N2O. The average Bonchev–Trinajstić information content (AvgIpc) is 2.43. The molecule has 3 heteroatoms. The fourth-order valence-electron chi connectivity index (χ4n) is 2.73. The number of aromatic nitrogens is 1. The third-order valence-electron chi connectivity index (χ3n) is 4.51. The number of aryl methyl sites for hydroxylation is 1. The van der Waals surface area contributed by atoms with Crippen molar-refractivity contribution in [1.82, 2.24) is 9.88 Å². The zero-order valence-corrected chi connectivity index (χ0v) is 11.5. The molecule has 1 aromatic heterocycles. The Morgan fingerprint density at radius 3 is 2.67 bits per heavy atom. The molecule has 2 heterocycles. The SMILES string of the molecule is CCC1(CO)CCN(Cc2cccnc2C)CC1. The molecule has 1 aliphatic heterocycles. The van der Waals surface area contributed by atoms with Crippen LogP contribution in [0.3, 0.4) is 0 Å². The molecule has 3 nitrogen and oxygen atoms in total. The van der Waals surface area contributed by atoms with Gasteiger partial charge in [0.25, 0.3) is 0 Å². The third kappa shape index (κ3) is 2.90. The summed E-state index contributed by atoms with van der Waals surface area (Å²) in [5, 5.41) is 9.53. The number of aliphatic hydroxyl groups excluding tert-OH is 1. The van der Waals surface area contributed by atoms with Gasteiger partial charge in [-0.15, -0.1) is 0 Å². The highest BCUT2D eigenvalue weighted by Crippen LogP contribution is 2.34. The smallest absolute Gasteiger partial charge is 0.0488 e. The van der Waals surface area contributed by atoms with E-state index in [0.717, 1.165) is 44.6 Å². The van der Waals surface area contributed by atoms with E-state index in [0.29, 0.717) is 6.61 Å². The normalized spacial score (nSPS) is 19.9. The molecule has 100 valence electrons. The molecule has 0 atom stereocenters.